The van der Waals surface area contributed by atoms with Gasteiger partial charge in [-0.3, -0.25) is 4.79 Å². The lowest BCUT2D eigenvalue weighted by molar-refractivity contribution is 0.230. The third-order valence-corrected chi connectivity index (χ3v) is 4.74. The molecular formula is C22H24BrN3O3. The van der Waals surface area contributed by atoms with E-state index in [0.717, 1.165) is 4.47 Å². The third kappa shape index (κ3) is 4.50. The number of benzene rings is 2. The van der Waals surface area contributed by atoms with Crippen LogP contribution in [0, 0.1) is 0 Å². The van der Waals surface area contributed by atoms with Crippen molar-refractivity contribution in [3.8, 4) is 11.5 Å². The minimum absolute atomic E-state index is 0.0181. The van der Waals surface area contributed by atoms with Crippen molar-refractivity contribution in [1.29, 1.82) is 0 Å². The van der Waals surface area contributed by atoms with Crippen molar-refractivity contribution in [3.63, 3.8) is 0 Å². The number of aromatic nitrogens is 2. The van der Waals surface area contributed by atoms with Gasteiger partial charge in [0.25, 0.3) is 5.56 Å². The Bertz CT molecular complexity index is 1120. The fraction of sp³-hybridized carbons (Fsp3) is 0.318. The summed E-state index contributed by atoms with van der Waals surface area (Å²) < 4.78 is 13.5. The summed E-state index contributed by atoms with van der Waals surface area (Å²) in [4.78, 5) is 17.8. The van der Waals surface area contributed by atoms with Gasteiger partial charge >= 0.3 is 0 Å². The summed E-state index contributed by atoms with van der Waals surface area (Å²) in [5, 5.41) is 4.99. The molecule has 3 rings (SSSR count). The third-order valence-electron chi connectivity index (χ3n) is 4.24. The number of hydrogen-bond donors (Lipinski definition) is 0. The molecule has 0 aliphatic heterocycles. The number of rotatable bonds is 6. The number of para-hydroxylation sites is 1. The lowest BCUT2D eigenvalue weighted by Crippen LogP contribution is -2.23. The predicted octanol–water partition coefficient (Wildman–Crippen LogP) is 4.96. The molecule has 29 heavy (non-hydrogen) atoms. The molecule has 0 saturated carbocycles. The van der Waals surface area contributed by atoms with E-state index in [4.69, 9.17) is 9.47 Å². The van der Waals surface area contributed by atoms with Gasteiger partial charge in [-0.2, -0.15) is 9.78 Å². The highest BCUT2D eigenvalue weighted by Crippen LogP contribution is 2.31. The molecule has 0 saturated heterocycles. The molecule has 7 heteroatoms. The maximum atomic E-state index is 13.1. The van der Waals surface area contributed by atoms with Gasteiger partial charge in [0.05, 0.1) is 30.3 Å². The van der Waals surface area contributed by atoms with Gasteiger partial charge < -0.3 is 9.47 Å². The fourth-order valence-corrected chi connectivity index (χ4v) is 3.29. The second-order valence-electron chi connectivity index (χ2n) is 7.19. The van der Waals surface area contributed by atoms with Gasteiger partial charge in [-0.25, -0.2) is 4.98 Å². The molecule has 0 atom stereocenters. The van der Waals surface area contributed by atoms with Crippen LogP contribution in [0.15, 0.2) is 50.8 Å². The van der Waals surface area contributed by atoms with Crippen molar-refractivity contribution in [2.45, 2.75) is 39.7 Å². The zero-order chi connectivity index (χ0) is 21.1. The van der Waals surface area contributed by atoms with E-state index < -0.39 is 0 Å². The van der Waals surface area contributed by atoms with E-state index in [1.807, 2.05) is 58.0 Å². The molecule has 0 radical (unpaired) electrons. The maximum absolute atomic E-state index is 13.1. The molecule has 6 nitrogen and oxygen atoms in total. The minimum Gasteiger partial charge on any atom is -0.493 e. The number of hydrogen-bond acceptors (Lipinski definition) is 5. The average Bonchev–Trinajstić information content (AvgIpc) is 2.67. The highest BCUT2D eigenvalue weighted by molar-refractivity contribution is 9.10. The van der Waals surface area contributed by atoms with Crippen LogP contribution in [0.25, 0.3) is 10.9 Å². The largest absolute Gasteiger partial charge is 0.493 e. The summed E-state index contributed by atoms with van der Waals surface area (Å²) in [5.74, 6) is 1.81. The lowest BCUT2D eigenvalue weighted by atomic mass is 10.2. The van der Waals surface area contributed by atoms with Gasteiger partial charge in [-0.15, -0.1) is 0 Å². The Hall–Kier alpha value is -2.67. The first-order valence-corrected chi connectivity index (χ1v) is 10.2. The molecule has 2 aromatic carbocycles. The van der Waals surface area contributed by atoms with Crippen LogP contribution in [-0.2, 0) is 0 Å². The number of ether oxygens (including phenoxy) is 2. The molecule has 0 bridgehead atoms. The molecular weight excluding hydrogens is 434 g/mol. The summed E-state index contributed by atoms with van der Waals surface area (Å²) in [6, 6.07) is 11.0. The monoisotopic (exact) mass is 457 g/mol. The Morgan fingerprint density at radius 3 is 2.59 bits per heavy atom. The fourth-order valence-electron chi connectivity index (χ4n) is 2.93. The van der Waals surface area contributed by atoms with Gasteiger partial charge in [0.1, 0.15) is 5.82 Å². The second kappa shape index (κ2) is 8.78. The van der Waals surface area contributed by atoms with Gasteiger partial charge in [-0.05, 0) is 44.2 Å². The van der Waals surface area contributed by atoms with Crippen molar-refractivity contribution in [1.82, 2.24) is 9.66 Å². The number of methoxy groups -OCH3 is 1. The van der Waals surface area contributed by atoms with Crippen LogP contribution in [0.1, 0.15) is 45.0 Å². The molecule has 0 unspecified atom stereocenters. The predicted molar refractivity (Wildman–Crippen MR) is 120 cm³/mol. The van der Waals surface area contributed by atoms with Crippen LogP contribution in [0.5, 0.6) is 11.5 Å². The van der Waals surface area contributed by atoms with Crippen molar-refractivity contribution in [2.24, 2.45) is 5.10 Å². The van der Waals surface area contributed by atoms with Gasteiger partial charge in [0.15, 0.2) is 11.5 Å². The van der Waals surface area contributed by atoms with E-state index in [1.165, 1.54) is 4.68 Å². The van der Waals surface area contributed by atoms with Crippen molar-refractivity contribution < 1.29 is 9.47 Å². The highest BCUT2D eigenvalue weighted by atomic mass is 79.9. The lowest BCUT2D eigenvalue weighted by Gasteiger charge is -2.16. The smallest absolute Gasteiger partial charge is 0.282 e. The summed E-state index contributed by atoms with van der Waals surface area (Å²) in [6.45, 7) is 7.86. The average molecular weight is 458 g/mol. The molecule has 0 fully saturated rings. The molecule has 0 N–H and O–H groups in total. The molecule has 1 heterocycles. The van der Waals surface area contributed by atoms with E-state index in [9.17, 15) is 4.79 Å². The van der Waals surface area contributed by atoms with Crippen LogP contribution < -0.4 is 15.0 Å². The summed E-state index contributed by atoms with van der Waals surface area (Å²) in [6.07, 6.45) is 1.58. The molecule has 0 aliphatic rings. The minimum atomic E-state index is -0.217. The molecule has 3 aromatic rings. The zero-order valence-corrected chi connectivity index (χ0v) is 18.7. The van der Waals surface area contributed by atoms with Gasteiger partial charge in [0, 0.05) is 16.0 Å². The number of nitrogens with zero attached hydrogens (tertiary/aromatic N) is 3. The quantitative estimate of drug-likeness (QED) is 0.490. The Morgan fingerprint density at radius 2 is 1.93 bits per heavy atom. The van der Waals surface area contributed by atoms with Gasteiger partial charge in [0.2, 0.25) is 0 Å². The maximum Gasteiger partial charge on any atom is 0.282 e. The topological polar surface area (TPSA) is 65.7 Å². The first kappa shape index (κ1) is 21.0. The number of fused-ring (bicyclic) bond motifs is 1. The Labute approximate surface area is 178 Å². The van der Waals surface area contributed by atoms with Crippen LogP contribution in [0.2, 0.25) is 0 Å². The van der Waals surface area contributed by atoms with E-state index >= 15 is 0 Å². The van der Waals surface area contributed by atoms with Crippen LogP contribution in [0.3, 0.4) is 0 Å². The normalized spacial score (nSPS) is 11.7. The summed E-state index contributed by atoms with van der Waals surface area (Å²) >= 11 is 3.42. The van der Waals surface area contributed by atoms with E-state index in [1.54, 1.807) is 19.4 Å². The Balaban J connectivity index is 2.18. The van der Waals surface area contributed by atoms with E-state index in [2.05, 4.69) is 26.0 Å². The SMILES string of the molecule is COc1cccc(C=Nn2c(C(C)C)nc3ccc(Br)cc3c2=O)c1OC(C)C. The molecule has 152 valence electrons. The number of halogens is 1. The van der Waals surface area contributed by atoms with Crippen molar-refractivity contribution in [2.75, 3.05) is 7.11 Å². The Kier molecular flexibility index (Phi) is 6.37. The summed E-state index contributed by atoms with van der Waals surface area (Å²) in [7, 11) is 1.59. The van der Waals surface area contributed by atoms with Crippen LogP contribution >= 0.6 is 15.9 Å². The Morgan fingerprint density at radius 1 is 1.17 bits per heavy atom. The second-order valence-corrected chi connectivity index (χ2v) is 8.11. The van der Waals surface area contributed by atoms with E-state index in [0.29, 0.717) is 33.8 Å². The zero-order valence-electron chi connectivity index (χ0n) is 17.1. The first-order valence-electron chi connectivity index (χ1n) is 9.42. The van der Waals surface area contributed by atoms with Crippen LogP contribution in [-0.4, -0.2) is 29.1 Å². The van der Waals surface area contributed by atoms with Gasteiger partial charge in [-0.1, -0.05) is 35.8 Å². The first-order chi connectivity index (χ1) is 13.8. The molecule has 0 aliphatic carbocycles. The van der Waals surface area contributed by atoms with Crippen LogP contribution in [0.4, 0.5) is 0 Å². The molecule has 1 aromatic heterocycles. The standard InChI is InChI=1S/C22H24BrN3O3/c1-13(2)21-25-18-10-9-16(23)11-17(18)22(27)26(21)24-12-15-7-6-8-19(28-5)20(15)29-14(3)4/h6-14H,1-5H3. The van der Waals surface area contributed by atoms with Crippen molar-refractivity contribution in [3.05, 3.63) is 62.6 Å². The van der Waals surface area contributed by atoms with E-state index in [-0.39, 0.29) is 17.6 Å². The summed E-state index contributed by atoms with van der Waals surface area (Å²) in [5.41, 5.74) is 1.15. The molecule has 0 amide bonds. The van der Waals surface area contributed by atoms with Crippen molar-refractivity contribution >= 4 is 33.0 Å². The highest BCUT2D eigenvalue weighted by Gasteiger charge is 2.15. The molecule has 0 spiro atoms.